The molecule has 0 spiro atoms. The van der Waals surface area contributed by atoms with Gasteiger partial charge in [-0.2, -0.15) is 0 Å². The molecule has 5 aliphatic carbocycles. The lowest BCUT2D eigenvalue weighted by atomic mass is 9.44. The van der Waals surface area contributed by atoms with E-state index in [2.05, 4.69) is 20.4 Å². The Kier molecular flexibility index (Phi) is 9.13. The zero-order chi connectivity index (χ0) is 40.1. The standard InChI is InChI=1S/C44H50Cl2N8O4/c1-51-33-9-16-53(18-15-42-11-13-44(24-42,14-12-42)41(57)58)22-31(33)47-37(51)39(55)49-29-7-3-5-27(35(29)45)28-6-4-8-30(36(28)46)50-40(56)38-48-32-23-54(17-10-34(32)52(38)2)25-43-19-26(20-43)21-43/h3-8,26H,9-25H2,1-2H3,(H,49,55)(H,50,56)(H,57,58). The molecule has 7 aliphatic rings. The molecule has 304 valence electrons. The summed E-state index contributed by atoms with van der Waals surface area (Å²) < 4.78 is 3.79. The monoisotopic (exact) mass is 824 g/mol. The molecule has 0 unspecified atom stereocenters. The van der Waals surface area contributed by atoms with Gasteiger partial charge in [0.05, 0.1) is 38.2 Å². The summed E-state index contributed by atoms with van der Waals surface area (Å²) in [6.07, 6.45) is 11.1. The van der Waals surface area contributed by atoms with Gasteiger partial charge in [-0.05, 0) is 93.2 Å². The first-order valence-corrected chi connectivity index (χ1v) is 21.6. The molecule has 0 saturated heterocycles. The minimum atomic E-state index is -0.624. The van der Waals surface area contributed by atoms with Crippen LogP contribution in [0.15, 0.2) is 36.4 Å². The van der Waals surface area contributed by atoms with Crippen LogP contribution in [0.3, 0.4) is 0 Å². The summed E-state index contributed by atoms with van der Waals surface area (Å²) in [5.74, 6) is 0.307. The number of hydrogen-bond acceptors (Lipinski definition) is 7. The summed E-state index contributed by atoms with van der Waals surface area (Å²) in [5.41, 5.74) is 6.26. The fourth-order valence-corrected chi connectivity index (χ4v) is 12.2. The van der Waals surface area contributed by atoms with E-state index in [1.807, 2.05) is 47.5 Å². The molecule has 14 heteroatoms. The number of benzene rings is 2. The quantitative estimate of drug-likeness (QED) is 0.141. The van der Waals surface area contributed by atoms with E-state index in [4.69, 9.17) is 33.2 Å². The second-order valence-electron chi connectivity index (χ2n) is 18.5. The van der Waals surface area contributed by atoms with Crippen molar-refractivity contribution in [2.24, 2.45) is 36.3 Å². The Hall–Kier alpha value is -4.23. The van der Waals surface area contributed by atoms with E-state index >= 15 is 0 Å². The number of carbonyl (C=O) groups is 3. The number of imidazole rings is 2. The Balaban J connectivity index is 0.802. The van der Waals surface area contributed by atoms with E-state index < -0.39 is 11.4 Å². The predicted molar refractivity (Wildman–Crippen MR) is 222 cm³/mol. The van der Waals surface area contributed by atoms with Crippen LogP contribution in [0, 0.1) is 22.2 Å². The molecule has 11 rings (SSSR count). The third kappa shape index (κ3) is 6.28. The van der Waals surface area contributed by atoms with Crippen molar-refractivity contribution in [1.82, 2.24) is 28.9 Å². The van der Waals surface area contributed by atoms with E-state index in [0.29, 0.717) is 56.2 Å². The minimum Gasteiger partial charge on any atom is -0.481 e. The average molecular weight is 826 g/mol. The molecule has 12 nitrogen and oxygen atoms in total. The van der Waals surface area contributed by atoms with Crippen LogP contribution >= 0.6 is 23.2 Å². The van der Waals surface area contributed by atoms with Crippen molar-refractivity contribution in [2.45, 2.75) is 83.7 Å². The second kappa shape index (κ2) is 13.9. The number of nitrogens with one attached hydrogen (secondary N) is 2. The molecule has 2 aliphatic heterocycles. The lowest BCUT2D eigenvalue weighted by molar-refractivity contribution is -0.148. The van der Waals surface area contributed by atoms with Gasteiger partial charge in [0.25, 0.3) is 11.8 Å². The predicted octanol–water partition coefficient (Wildman–Crippen LogP) is 7.57. The first-order chi connectivity index (χ1) is 27.8. The summed E-state index contributed by atoms with van der Waals surface area (Å²) in [4.78, 5) is 54.0. The van der Waals surface area contributed by atoms with Crippen molar-refractivity contribution in [3.63, 3.8) is 0 Å². The largest absolute Gasteiger partial charge is 0.481 e. The number of hydrogen-bond donors (Lipinski definition) is 3. The van der Waals surface area contributed by atoms with Gasteiger partial charge >= 0.3 is 5.97 Å². The van der Waals surface area contributed by atoms with Gasteiger partial charge < -0.3 is 24.9 Å². The summed E-state index contributed by atoms with van der Waals surface area (Å²) in [7, 11) is 3.78. The summed E-state index contributed by atoms with van der Waals surface area (Å²) in [6.45, 7) is 5.30. The maximum atomic E-state index is 13.8. The van der Waals surface area contributed by atoms with Gasteiger partial charge in [-0.25, -0.2) is 9.97 Å². The molecule has 4 heterocycles. The highest BCUT2D eigenvalue weighted by Crippen LogP contribution is 2.65. The zero-order valence-electron chi connectivity index (χ0n) is 33.2. The Morgan fingerprint density at radius 3 is 1.76 bits per heavy atom. The number of carbonyl (C=O) groups excluding carboxylic acids is 2. The molecule has 3 N–H and O–H groups in total. The van der Waals surface area contributed by atoms with Crippen molar-refractivity contribution in [3.05, 3.63) is 80.9 Å². The topological polar surface area (TPSA) is 138 Å². The van der Waals surface area contributed by atoms with Crippen LogP contribution in [-0.2, 0) is 44.8 Å². The van der Waals surface area contributed by atoms with Crippen LogP contribution in [0.5, 0.6) is 0 Å². The van der Waals surface area contributed by atoms with Gasteiger partial charge in [0.2, 0.25) is 0 Å². The molecular weight excluding hydrogens is 775 g/mol. The Labute approximate surface area is 348 Å². The van der Waals surface area contributed by atoms with Gasteiger partial charge in [-0.3, -0.25) is 24.2 Å². The number of aliphatic carboxylic acids is 1. The van der Waals surface area contributed by atoms with Crippen LogP contribution in [0.1, 0.15) is 102 Å². The first-order valence-electron chi connectivity index (χ1n) is 20.8. The lowest BCUT2D eigenvalue weighted by Crippen LogP contribution is -2.58. The molecule has 5 fully saturated rings. The molecule has 58 heavy (non-hydrogen) atoms. The Morgan fingerprint density at radius 1 is 0.759 bits per heavy atom. The summed E-state index contributed by atoms with van der Waals surface area (Å²) in [5, 5.41) is 16.5. The number of carboxylic acid groups (broad SMARTS) is 1. The van der Waals surface area contributed by atoms with Crippen LogP contribution < -0.4 is 10.6 Å². The van der Waals surface area contributed by atoms with Gasteiger partial charge in [0, 0.05) is 82.2 Å². The first kappa shape index (κ1) is 38.0. The summed E-state index contributed by atoms with van der Waals surface area (Å²) >= 11 is 14.0. The normalized spacial score (nSPS) is 27.1. The van der Waals surface area contributed by atoms with Crippen molar-refractivity contribution in [2.75, 3.05) is 36.8 Å². The Morgan fingerprint density at radius 2 is 1.28 bits per heavy atom. The fourth-order valence-electron chi connectivity index (χ4n) is 11.6. The molecule has 4 aromatic rings. The highest BCUT2D eigenvalue weighted by atomic mass is 35.5. The highest BCUT2D eigenvalue weighted by Gasteiger charge is 2.58. The molecule has 2 aromatic carbocycles. The van der Waals surface area contributed by atoms with Crippen LogP contribution in [0.25, 0.3) is 11.1 Å². The van der Waals surface area contributed by atoms with Crippen LogP contribution in [0.4, 0.5) is 11.4 Å². The van der Waals surface area contributed by atoms with Gasteiger partial charge in [-0.1, -0.05) is 47.5 Å². The molecule has 0 radical (unpaired) electrons. The van der Waals surface area contributed by atoms with Crippen LogP contribution in [-0.4, -0.2) is 78.0 Å². The van der Waals surface area contributed by atoms with E-state index in [1.165, 1.54) is 19.3 Å². The van der Waals surface area contributed by atoms with Crippen LogP contribution in [0.2, 0.25) is 10.0 Å². The number of nitrogens with zero attached hydrogens (tertiary/aromatic N) is 6. The zero-order valence-corrected chi connectivity index (χ0v) is 34.7. The third-order valence-electron chi connectivity index (χ3n) is 15.0. The molecule has 0 atom stereocenters. The smallest absolute Gasteiger partial charge is 0.309 e. The van der Waals surface area contributed by atoms with E-state index in [0.717, 1.165) is 113 Å². The number of rotatable bonds is 11. The molecule has 4 bridgehead atoms. The van der Waals surface area contributed by atoms with E-state index in [1.54, 1.807) is 12.1 Å². The molecular formula is C44H50Cl2N8O4. The molecule has 2 aromatic heterocycles. The number of carboxylic acids is 1. The van der Waals surface area contributed by atoms with Gasteiger partial charge in [0.15, 0.2) is 11.6 Å². The summed E-state index contributed by atoms with van der Waals surface area (Å²) in [6, 6.07) is 10.8. The third-order valence-corrected chi connectivity index (χ3v) is 15.8. The second-order valence-corrected chi connectivity index (χ2v) is 19.3. The number of halogens is 2. The fraction of sp³-hybridized carbons (Fsp3) is 0.523. The minimum absolute atomic E-state index is 0.136. The van der Waals surface area contributed by atoms with Crippen molar-refractivity contribution < 1.29 is 19.5 Å². The lowest BCUT2D eigenvalue weighted by Gasteiger charge is -2.63. The van der Waals surface area contributed by atoms with E-state index in [-0.39, 0.29) is 17.2 Å². The van der Waals surface area contributed by atoms with Gasteiger partial charge in [-0.15, -0.1) is 0 Å². The van der Waals surface area contributed by atoms with Crippen molar-refractivity contribution in [1.29, 1.82) is 0 Å². The average Bonchev–Trinajstić information content (AvgIpc) is 3.94. The van der Waals surface area contributed by atoms with Crippen molar-refractivity contribution in [3.8, 4) is 11.1 Å². The maximum absolute atomic E-state index is 13.8. The maximum Gasteiger partial charge on any atom is 0.309 e. The number of amides is 2. The van der Waals surface area contributed by atoms with E-state index in [9.17, 15) is 19.5 Å². The van der Waals surface area contributed by atoms with Crippen molar-refractivity contribution >= 4 is 52.4 Å². The number of fused-ring (bicyclic) bond motifs is 4. The SMILES string of the molecule is Cn1c(C(=O)Nc2cccc(-c3cccc(NC(=O)c4nc5c(n4C)CCN(CC46CC(C4)C6)C5)c3Cl)c2Cl)nc2c1CCN(CCC13CCC(C(=O)O)(CC1)C3)C2. The molecule has 2 amide bonds. The molecule has 5 saturated carbocycles. The highest BCUT2D eigenvalue weighted by molar-refractivity contribution is 6.40. The van der Waals surface area contributed by atoms with Gasteiger partial charge in [0.1, 0.15) is 0 Å². The number of aromatic nitrogens is 4. The Bertz CT molecular complexity index is 2360. The number of anilines is 2.